The Morgan fingerprint density at radius 2 is 1.41 bits per heavy atom. The highest BCUT2D eigenvalue weighted by molar-refractivity contribution is 7.97. The summed E-state index contributed by atoms with van der Waals surface area (Å²) in [5.41, 5.74) is -1.22. The third-order valence-corrected chi connectivity index (χ3v) is 11.0. The molecule has 2 fully saturated rings. The van der Waals surface area contributed by atoms with Gasteiger partial charge < -0.3 is 9.29 Å². The number of ketones is 1. The maximum absolute atomic E-state index is 11.8. The summed E-state index contributed by atoms with van der Waals surface area (Å²) in [6.45, 7) is 6.54. The molecule has 0 spiro atoms. The molecule has 2 aliphatic rings. The maximum atomic E-state index is 11.8. The molecule has 7 heteroatoms. The van der Waals surface area contributed by atoms with Crippen molar-refractivity contribution in [3.05, 3.63) is 84.9 Å². The van der Waals surface area contributed by atoms with E-state index < -0.39 is 21.3 Å². The fraction of sp³-hybridized carbons (Fsp3) is 0.367. The minimum Gasteiger partial charge on any atom is -0.748 e. The van der Waals surface area contributed by atoms with E-state index in [1.54, 1.807) is 0 Å². The molecule has 3 aromatic carbocycles. The Kier molecular flexibility index (Phi) is 8.17. The summed E-state index contributed by atoms with van der Waals surface area (Å²) in [5.74, 6) is 0.647. The van der Waals surface area contributed by atoms with Gasteiger partial charge >= 0.3 is 0 Å². The van der Waals surface area contributed by atoms with Crippen LogP contribution in [0.4, 0.5) is 0 Å². The summed E-state index contributed by atoms with van der Waals surface area (Å²) in [6, 6.07) is 29.8. The minimum atomic E-state index is -4.33. The predicted octanol–water partition coefficient (Wildman–Crippen LogP) is 6.11. The molecule has 0 radical (unpaired) electrons. The lowest BCUT2D eigenvalue weighted by atomic mass is 9.70. The van der Waals surface area contributed by atoms with Gasteiger partial charge in [-0.25, -0.2) is 8.42 Å². The Morgan fingerprint density at radius 1 is 0.892 bits per heavy atom. The van der Waals surface area contributed by atoms with Gasteiger partial charge in [0.2, 0.25) is 0 Å². The lowest BCUT2D eigenvalue weighted by Gasteiger charge is -2.37. The van der Waals surface area contributed by atoms with Crippen molar-refractivity contribution in [2.75, 3.05) is 12.4 Å². The van der Waals surface area contributed by atoms with Crippen molar-refractivity contribution in [1.29, 1.82) is 0 Å². The molecule has 0 heterocycles. The predicted molar refractivity (Wildman–Crippen MR) is 146 cm³/mol. The first kappa shape index (κ1) is 27.4. The Bertz CT molecular complexity index is 1270. The van der Waals surface area contributed by atoms with Crippen LogP contribution >= 0.6 is 0 Å². The van der Waals surface area contributed by atoms with Crippen molar-refractivity contribution in [2.24, 2.45) is 16.7 Å². The van der Waals surface area contributed by atoms with Crippen LogP contribution in [0.25, 0.3) is 0 Å². The molecular weight excluding hydrogens is 504 g/mol. The minimum absolute atomic E-state index is 0.0248. The molecule has 0 saturated heterocycles. The van der Waals surface area contributed by atoms with Gasteiger partial charge in [-0.3, -0.25) is 4.79 Å². The Morgan fingerprint density at radius 3 is 1.81 bits per heavy atom. The third-order valence-electron chi connectivity index (χ3n) is 7.89. The van der Waals surface area contributed by atoms with Gasteiger partial charge in [0.15, 0.2) is 14.7 Å². The molecule has 196 valence electrons. The summed E-state index contributed by atoms with van der Waals surface area (Å²) in [4.78, 5) is 15.8. The zero-order valence-electron chi connectivity index (χ0n) is 21.6. The molecule has 2 bridgehead atoms. The zero-order valence-corrected chi connectivity index (χ0v) is 23.2. The fourth-order valence-corrected chi connectivity index (χ4v) is 9.13. The number of fused-ring (bicyclic) bond motifs is 2. The van der Waals surface area contributed by atoms with Gasteiger partial charge in [-0.2, -0.15) is 0 Å². The van der Waals surface area contributed by atoms with Gasteiger partial charge in [0.05, 0.1) is 33.4 Å². The number of carbonyl (C=O) groups is 1. The van der Waals surface area contributed by atoms with E-state index in [1.807, 2.05) is 20.8 Å². The van der Waals surface area contributed by atoms with Crippen LogP contribution in [-0.4, -0.2) is 31.1 Å². The highest BCUT2D eigenvalue weighted by Gasteiger charge is 2.64. The fourth-order valence-electron chi connectivity index (χ4n) is 5.77. The van der Waals surface area contributed by atoms with Gasteiger partial charge in [-0.15, -0.1) is 0 Å². The van der Waals surface area contributed by atoms with Crippen LogP contribution in [0.15, 0.2) is 99.6 Å². The molecule has 2 unspecified atom stereocenters. The van der Waals surface area contributed by atoms with Crippen molar-refractivity contribution in [3.63, 3.8) is 0 Å². The first-order valence-electron chi connectivity index (χ1n) is 12.6. The molecule has 0 N–H and O–H groups in total. The first-order valence-corrected chi connectivity index (χ1v) is 15.4. The number of hydrogen-bond donors (Lipinski definition) is 0. The molecule has 5 nitrogen and oxygen atoms in total. The lowest BCUT2D eigenvalue weighted by Crippen LogP contribution is -2.42. The summed E-state index contributed by atoms with van der Waals surface area (Å²) in [7, 11) is -4.41. The van der Waals surface area contributed by atoms with Crippen LogP contribution in [0.5, 0.6) is 5.75 Å². The van der Waals surface area contributed by atoms with Gasteiger partial charge in [0.25, 0.3) is 0 Å². The average Bonchev–Trinajstić information content (AvgIpc) is 3.21. The molecule has 2 saturated carbocycles. The monoisotopic (exact) mass is 538 g/mol. The number of carbonyl (C=O) groups excluding carboxylic acids is 1. The van der Waals surface area contributed by atoms with Crippen molar-refractivity contribution < 1.29 is 22.5 Å². The molecule has 5 rings (SSSR count). The SMILES string of the molecule is CC1(C)C2CCC1(CS(=O)(=O)[O-])C(=O)C2.CCOc1ccc([S+](c2ccccc2)c2ccccc2)cc1. The number of ether oxygens (including phenoxy) is 1. The van der Waals surface area contributed by atoms with Crippen molar-refractivity contribution in [2.45, 2.75) is 54.7 Å². The summed E-state index contributed by atoms with van der Waals surface area (Å²) in [6.07, 6.45) is 1.88. The van der Waals surface area contributed by atoms with Crippen LogP contribution in [-0.2, 0) is 25.8 Å². The normalized spacial score (nSPS) is 22.0. The van der Waals surface area contributed by atoms with Gasteiger partial charge in [0, 0.05) is 11.8 Å². The molecule has 0 aromatic heterocycles. The highest BCUT2D eigenvalue weighted by atomic mass is 32.2. The van der Waals surface area contributed by atoms with Crippen LogP contribution in [0.2, 0.25) is 0 Å². The molecular formula is C30H34O5S2. The lowest BCUT2D eigenvalue weighted by molar-refractivity contribution is -0.128. The van der Waals surface area contributed by atoms with E-state index in [0.717, 1.165) is 12.2 Å². The summed E-state index contributed by atoms with van der Waals surface area (Å²) >= 11 is 0. The van der Waals surface area contributed by atoms with Gasteiger partial charge in [0.1, 0.15) is 11.5 Å². The largest absolute Gasteiger partial charge is 0.748 e. The van der Waals surface area contributed by atoms with E-state index in [4.69, 9.17) is 4.74 Å². The topological polar surface area (TPSA) is 83.5 Å². The maximum Gasteiger partial charge on any atom is 0.166 e. The number of rotatable bonds is 7. The molecule has 37 heavy (non-hydrogen) atoms. The Balaban J connectivity index is 0.000000186. The van der Waals surface area contributed by atoms with Crippen molar-refractivity contribution in [3.8, 4) is 5.75 Å². The third kappa shape index (κ3) is 5.79. The second-order valence-corrected chi connectivity index (χ2v) is 13.6. The Hall–Kier alpha value is -2.61. The average molecular weight is 539 g/mol. The quantitative estimate of drug-likeness (QED) is 0.268. The first-order chi connectivity index (χ1) is 17.6. The molecule has 3 aromatic rings. The van der Waals surface area contributed by atoms with E-state index >= 15 is 0 Å². The van der Waals surface area contributed by atoms with Gasteiger partial charge in [-0.05, 0) is 79.6 Å². The van der Waals surface area contributed by atoms with Crippen molar-refractivity contribution >= 4 is 26.8 Å². The standard InChI is InChI=1S/C20H19OS.C10H16O4S/c1-2-21-17-13-15-20(16-14-17)22(18-9-5-3-6-10-18)19-11-7-4-8-12-19;1-9(2)7-3-4-10(9,8(11)5-7)6-15(12,13)14/h3-16H,2H2,1H3;7H,3-6H2,1-2H3,(H,12,13,14)/q+1;/p-1. The molecule has 2 aliphatic carbocycles. The number of hydrogen-bond acceptors (Lipinski definition) is 5. The summed E-state index contributed by atoms with van der Waals surface area (Å²) < 4.78 is 38.2. The van der Waals surface area contributed by atoms with E-state index in [-0.39, 0.29) is 28.0 Å². The van der Waals surface area contributed by atoms with E-state index in [9.17, 15) is 17.8 Å². The van der Waals surface area contributed by atoms with E-state index in [1.165, 1.54) is 14.7 Å². The zero-order chi connectivity index (χ0) is 26.7. The number of benzene rings is 3. The Labute approximate surface area is 223 Å². The van der Waals surface area contributed by atoms with Crippen LogP contribution in [0, 0.1) is 16.7 Å². The highest BCUT2D eigenvalue weighted by Crippen LogP contribution is 2.64. The summed E-state index contributed by atoms with van der Waals surface area (Å²) in [5, 5.41) is 0. The smallest absolute Gasteiger partial charge is 0.166 e. The van der Waals surface area contributed by atoms with Crippen LogP contribution in [0.1, 0.15) is 40.0 Å². The van der Waals surface area contributed by atoms with E-state index in [2.05, 4.69) is 84.9 Å². The van der Waals surface area contributed by atoms with Crippen LogP contribution in [0.3, 0.4) is 0 Å². The second-order valence-electron chi connectivity index (χ2n) is 10.2. The molecule has 0 aliphatic heterocycles. The molecule has 2 atom stereocenters. The van der Waals surface area contributed by atoms with E-state index in [0.29, 0.717) is 19.4 Å². The van der Waals surface area contributed by atoms with Gasteiger partial charge in [-0.1, -0.05) is 50.2 Å². The van der Waals surface area contributed by atoms with Crippen LogP contribution < -0.4 is 4.74 Å². The molecule has 0 amide bonds. The second kappa shape index (κ2) is 11.0. The van der Waals surface area contributed by atoms with Crippen molar-refractivity contribution in [1.82, 2.24) is 0 Å². The number of Topliss-reactive ketones (excluding diaryl/α,β-unsaturated/α-hetero) is 1.